The molecule has 1 atom stereocenters. The molecule has 4 N–H and O–H groups in total. The third kappa shape index (κ3) is 5.25. The standard InChI is InChI=1S/C12H26N2O2/c1-16-9-11(3-2-8-13)14-10-4-6-12(15)7-5-10/h10-12,14-15H,2-9,13H2,1H3. The zero-order chi connectivity index (χ0) is 11.8. The summed E-state index contributed by atoms with van der Waals surface area (Å²) in [5.74, 6) is 0. The van der Waals surface area contributed by atoms with Gasteiger partial charge in [0.1, 0.15) is 0 Å². The number of rotatable bonds is 7. The zero-order valence-electron chi connectivity index (χ0n) is 10.3. The highest BCUT2D eigenvalue weighted by Gasteiger charge is 2.21. The van der Waals surface area contributed by atoms with E-state index in [-0.39, 0.29) is 6.10 Å². The lowest BCUT2D eigenvalue weighted by Gasteiger charge is -2.30. The molecule has 0 aromatic carbocycles. The van der Waals surface area contributed by atoms with Gasteiger partial charge in [-0.1, -0.05) is 0 Å². The number of methoxy groups -OCH3 is 1. The van der Waals surface area contributed by atoms with Gasteiger partial charge in [0.2, 0.25) is 0 Å². The first-order valence-electron chi connectivity index (χ1n) is 6.39. The van der Waals surface area contributed by atoms with E-state index < -0.39 is 0 Å². The molecule has 1 saturated carbocycles. The van der Waals surface area contributed by atoms with Gasteiger partial charge in [-0.2, -0.15) is 0 Å². The van der Waals surface area contributed by atoms with Crippen LogP contribution in [0.5, 0.6) is 0 Å². The molecule has 4 heteroatoms. The molecule has 4 nitrogen and oxygen atoms in total. The fourth-order valence-corrected chi connectivity index (χ4v) is 2.36. The van der Waals surface area contributed by atoms with Crippen molar-refractivity contribution in [2.75, 3.05) is 20.3 Å². The summed E-state index contributed by atoms with van der Waals surface area (Å²) in [6.45, 7) is 1.49. The van der Waals surface area contributed by atoms with Gasteiger partial charge < -0.3 is 20.9 Å². The largest absolute Gasteiger partial charge is 0.393 e. The van der Waals surface area contributed by atoms with Crippen LogP contribution in [-0.2, 0) is 4.74 Å². The molecule has 1 unspecified atom stereocenters. The number of nitrogens with two attached hydrogens (primary N) is 1. The number of nitrogens with one attached hydrogen (secondary N) is 1. The maximum atomic E-state index is 9.44. The Morgan fingerprint density at radius 1 is 1.38 bits per heavy atom. The molecular weight excluding hydrogens is 204 g/mol. The first-order valence-corrected chi connectivity index (χ1v) is 6.39. The van der Waals surface area contributed by atoms with Crippen molar-refractivity contribution < 1.29 is 9.84 Å². The lowest BCUT2D eigenvalue weighted by Crippen LogP contribution is -2.43. The first kappa shape index (κ1) is 13.9. The molecule has 0 heterocycles. The van der Waals surface area contributed by atoms with E-state index in [1.807, 2.05) is 0 Å². The monoisotopic (exact) mass is 230 g/mol. The van der Waals surface area contributed by atoms with Crippen LogP contribution in [0.2, 0.25) is 0 Å². The van der Waals surface area contributed by atoms with Crippen LogP contribution in [0.25, 0.3) is 0 Å². The second-order valence-corrected chi connectivity index (χ2v) is 4.76. The third-order valence-electron chi connectivity index (χ3n) is 3.29. The Hall–Kier alpha value is -0.160. The number of aliphatic hydroxyl groups excluding tert-OH is 1. The van der Waals surface area contributed by atoms with Gasteiger partial charge in [-0.25, -0.2) is 0 Å². The molecule has 96 valence electrons. The highest BCUT2D eigenvalue weighted by Crippen LogP contribution is 2.19. The van der Waals surface area contributed by atoms with Gasteiger partial charge in [-0.15, -0.1) is 0 Å². The van der Waals surface area contributed by atoms with E-state index in [1.54, 1.807) is 7.11 Å². The van der Waals surface area contributed by atoms with E-state index in [0.717, 1.165) is 51.7 Å². The molecule has 0 bridgehead atoms. The van der Waals surface area contributed by atoms with Crippen LogP contribution in [-0.4, -0.2) is 43.6 Å². The lowest BCUT2D eigenvalue weighted by atomic mass is 9.92. The molecular formula is C12H26N2O2. The van der Waals surface area contributed by atoms with E-state index in [0.29, 0.717) is 12.1 Å². The zero-order valence-corrected chi connectivity index (χ0v) is 10.3. The Morgan fingerprint density at radius 2 is 2.06 bits per heavy atom. The van der Waals surface area contributed by atoms with Crippen LogP contribution < -0.4 is 11.1 Å². The quantitative estimate of drug-likeness (QED) is 0.600. The predicted octanol–water partition coefficient (Wildman–Crippen LogP) is 0.633. The molecule has 1 rings (SSSR count). The van der Waals surface area contributed by atoms with Gasteiger partial charge in [0.15, 0.2) is 0 Å². The van der Waals surface area contributed by atoms with Gasteiger partial charge in [-0.05, 0) is 45.1 Å². The van der Waals surface area contributed by atoms with Crippen molar-refractivity contribution in [3.63, 3.8) is 0 Å². The minimum absolute atomic E-state index is 0.0806. The fraction of sp³-hybridized carbons (Fsp3) is 1.00. The van der Waals surface area contributed by atoms with E-state index in [2.05, 4.69) is 5.32 Å². The second kappa shape index (κ2) is 8.01. The topological polar surface area (TPSA) is 67.5 Å². The Balaban J connectivity index is 2.24. The van der Waals surface area contributed by atoms with E-state index in [9.17, 15) is 5.11 Å². The van der Waals surface area contributed by atoms with E-state index in [4.69, 9.17) is 10.5 Å². The SMILES string of the molecule is COCC(CCCN)NC1CCC(O)CC1. The van der Waals surface area contributed by atoms with Crippen molar-refractivity contribution in [1.82, 2.24) is 5.32 Å². The smallest absolute Gasteiger partial charge is 0.0615 e. The number of ether oxygens (including phenoxy) is 1. The predicted molar refractivity (Wildman–Crippen MR) is 65.4 cm³/mol. The highest BCUT2D eigenvalue weighted by molar-refractivity contribution is 4.80. The van der Waals surface area contributed by atoms with Crippen molar-refractivity contribution in [3.8, 4) is 0 Å². The van der Waals surface area contributed by atoms with Gasteiger partial charge in [0.25, 0.3) is 0 Å². The summed E-state index contributed by atoms with van der Waals surface area (Å²) in [7, 11) is 1.74. The maximum Gasteiger partial charge on any atom is 0.0615 e. The Labute approximate surface area is 98.5 Å². The summed E-state index contributed by atoms with van der Waals surface area (Å²) in [5, 5.41) is 13.1. The van der Waals surface area contributed by atoms with Gasteiger partial charge in [0.05, 0.1) is 12.7 Å². The molecule has 0 aliphatic heterocycles. The second-order valence-electron chi connectivity index (χ2n) is 4.76. The Kier molecular flexibility index (Phi) is 6.96. The molecule has 0 spiro atoms. The fourth-order valence-electron chi connectivity index (χ4n) is 2.36. The van der Waals surface area contributed by atoms with Crippen LogP contribution in [0.1, 0.15) is 38.5 Å². The normalized spacial score (nSPS) is 27.9. The minimum Gasteiger partial charge on any atom is -0.393 e. The van der Waals surface area contributed by atoms with Crippen molar-refractivity contribution >= 4 is 0 Å². The summed E-state index contributed by atoms with van der Waals surface area (Å²) < 4.78 is 5.21. The molecule has 0 aromatic heterocycles. The average Bonchev–Trinajstić information content (AvgIpc) is 2.29. The van der Waals surface area contributed by atoms with E-state index >= 15 is 0 Å². The van der Waals surface area contributed by atoms with Crippen LogP contribution in [0.15, 0.2) is 0 Å². The van der Waals surface area contributed by atoms with Gasteiger partial charge in [-0.3, -0.25) is 0 Å². The molecule has 16 heavy (non-hydrogen) atoms. The lowest BCUT2D eigenvalue weighted by molar-refractivity contribution is 0.104. The summed E-state index contributed by atoms with van der Waals surface area (Å²) in [4.78, 5) is 0. The summed E-state index contributed by atoms with van der Waals surface area (Å²) in [6.07, 6.45) is 6.03. The minimum atomic E-state index is -0.0806. The molecule has 1 aliphatic carbocycles. The van der Waals surface area contributed by atoms with Gasteiger partial charge >= 0.3 is 0 Å². The maximum absolute atomic E-state index is 9.44. The molecule has 1 aliphatic rings. The summed E-state index contributed by atoms with van der Waals surface area (Å²) in [6, 6.07) is 0.954. The van der Waals surface area contributed by atoms with Crippen LogP contribution in [0.3, 0.4) is 0 Å². The van der Waals surface area contributed by atoms with Crippen LogP contribution >= 0.6 is 0 Å². The number of hydrogen-bond donors (Lipinski definition) is 3. The molecule has 0 saturated heterocycles. The van der Waals surface area contributed by atoms with E-state index in [1.165, 1.54) is 0 Å². The Morgan fingerprint density at radius 3 is 2.62 bits per heavy atom. The molecule has 0 radical (unpaired) electrons. The van der Waals surface area contributed by atoms with Crippen molar-refractivity contribution in [2.45, 2.75) is 56.7 Å². The first-order chi connectivity index (χ1) is 7.76. The van der Waals surface area contributed by atoms with Crippen molar-refractivity contribution in [3.05, 3.63) is 0 Å². The van der Waals surface area contributed by atoms with Crippen LogP contribution in [0.4, 0.5) is 0 Å². The molecule has 1 fully saturated rings. The number of hydrogen-bond acceptors (Lipinski definition) is 4. The van der Waals surface area contributed by atoms with Crippen LogP contribution in [0, 0.1) is 0 Å². The average molecular weight is 230 g/mol. The third-order valence-corrected chi connectivity index (χ3v) is 3.29. The van der Waals surface area contributed by atoms with Crippen molar-refractivity contribution in [2.24, 2.45) is 5.73 Å². The van der Waals surface area contributed by atoms with Crippen molar-refractivity contribution in [1.29, 1.82) is 0 Å². The van der Waals surface area contributed by atoms with Gasteiger partial charge in [0, 0.05) is 19.2 Å². The summed E-state index contributed by atoms with van der Waals surface area (Å²) >= 11 is 0. The molecule has 0 aromatic rings. The highest BCUT2D eigenvalue weighted by atomic mass is 16.5. The number of aliphatic hydroxyl groups is 1. The molecule has 0 amide bonds. The summed E-state index contributed by atoms with van der Waals surface area (Å²) in [5.41, 5.74) is 5.52. The Bertz CT molecular complexity index is 170.